The number of hydrogen-bond acceptors (Lipinski definition) is 3. The summed E-state index contributed by atoms with van der Waals surface area (Å²) >= 11 is 2.13. The third-order valence-corrected chi connectivity index (χ3v) is 3.27. The van der Waals surface area contributed by atoms with Crippen LogP contribution in [-0.4, -0.2) is 23.0 Å². The van der Waals surface area contributed by atoms with Gasteiger partial charge in [0, 0.05) is 20.4 Å². The number of carbonyl (C=O) groups is 3. The van der Waals surface area contributed by atoms with Gasteiger partial charge in [-0.2, -0.15) is 0 Å². The maximum atomic E-state index is 11.6. The van der Waals surface area contributed by atoms with Gasteiger partial charge in [0.25, 0.3) is 5.91 Å². The second kappa shape index (κ2) is 7.04. The van der Waals surface area contributed by atoms with E-state index in [1.165, 1.54) is 13.8 Å². The van der Waals surface area contributed by atoms with Crippen LogP contribution in [0.1, 0.15) is 13.8 Å². The van der Waals surface area contributed by atoms with Crippen LogP contribution >= 0.6 is 22.6 Å². The molecule has 1 rings (SSSR count). The lowest BCUT2D eigenvalue weighted by atomic mass is 10.1. The molecule has 6 nitrogen and oxygen atoms in total. The summed E-state index contributed by atoms with van der Waals surface area (Å²) in [5.74, 6) is -1.94. The second-order valence-corrected chi connectivity index (χ2v) is 5.22. The molecule has 0 bridgehead atoms. The van der Waals surface area contributed by atoms with Gasteiger partial charge >= 0.3 is 12.0 Å². The monoisotopic (exact) mass is 388 g/mol. The first-order valence-electron chi connectivity index (χ1n) is 5.60. The molecular weight excluding hydrogens is 375 g/mol. The molecule has 1 aromatic carbocycles. The molecule has 106 valence electrons. The van der Waals surface area contributed by atoms with Crippen molar-refractivity contribution in [3.05, 3.63) is 39.0 Å². The zero-order valence-corrected chi connectivity index (χ0v) is 13.0. The number of hydrogen-bond donors (Lipinski definition) is 3. The average molecular weight is 388 g/mol. The second-order valence-electron chi connectivity index (χ2n) is 3.97. The summed E-state index contributed by atoms with van der Waals surface area (Å²) in [5, 5.41) is 13.3. The fourth-order valence-electron chi connectivity index (χ4n) is 1.22. The molecule has 0 saturated heterocycles. The minimum absolute atomic E-state index is 0.0183. The van der Waals surface area contributed by atoms with E-state index in [0.29, 0.717) is 5.69 Å². The Morgan fingerprint density at radius 3 is 2.10 bits per heavy atom. The maximum absolute atomic E-state index is 11.6. The van der Waals surface area contributed by atoms with Crippen LogP contribution in [-0.2, 0) is 9.59 Å². The minimum atomic E-state index is -1.20. The SMILES string of the molecule is CC(C(=O)O)=C(C)C(=O)NC(=O)Nc1ccc(I)cc1. The molecule has 1 aromatic rings. The lowest BCUT2D eigenvalue weighted by Gasteiger charge is -2.08. The summed E-state index contributed by atoms with van der Waals surface area (Å²) < 4.78 is 1.01. The Bertz CT molecular complexity index is 579. The van der Waals surface area contributed by atoms with Crippen molar-refractivity contribution in [1.82, 2.24) is 5.32 Å². The zero-order valence-electron chi connectivity index (χ0n) is 10.9. The quantitative estimate of drug-likeness (QED) is 0.547. The molecule has 0 spiro atoms. The Morgan fingerprint density at radius 2 is 1.60 bits per heavy atom. The largest absolute Gasteiger partial charge is 0.478 e. The van der Waals surface area contributed by atoms with Gasteiger partial charge in [-0.3, -0.25) is 10.1 Å². The molecule has 0 unspecified atom stereocenters. The van der Waals surface area contributed by atoms with Crippen LogP contribution in [0.2, 0.25) is 0 Å². The number of carboxylic acids is 1. The number of carboxylic acid groups (broad SMARTS) is 1. The average Bonchev–Trinajstić information content (AvgIpc) is 2.39. The van der Waals surface area contributed by atoms with E-state index in [1.54, 1.807) is 24.3 Å². The van der Waals surface area contributed by atoms with Gasteiger partial charge in [-0.05, 0) is 60.7 Å². The van der Waals surface area contributed by atoms with Gasteiger partial charge in [0.15, 0.2) is 0 Å². The van der Waals surface area contributed by atoms with E-state index in [0.717, 1.165) is 3.57 Å². The summed E-state index contributed by atoms with van der Waals surface area (Å²) in [6, 6.07) is 6.28. The molecule has 0 heterocycles. The number of urea groups is 1. The third kappa shape index (κ3) is 4.65. The van der Waals surface area contributed by atoms with Crippen LogP contribution in [0.15, 0.2) is 35.4 Å². The molecular formula is C13H13IN2O4. The Labute approximate surface area is 129 Å². The van der Waals surface area contributed by atoms with E-state index in [-0.39, 0.29) is 11.1 Å². The third-order valence-electron chi connectivity index (χ3n) is 2.55. The number of carbonyl (C=O) groups excluding carboxylic acids is 2. The van der Waals surface area contributed by atoms with Crippen LogP contribution in [0.25, 0.3) is 0 Å². The molecule has 0 saturated carbocycles. The number of rotatable bonds is 3. The van der Waals surface area contributed by atoms with Crippen molar-refractivity contribution in [1.29, 1.82) is 0 Å². The summed E-state index contributed by atoms with van der Waals surface area (Å²) in [5.41, 5.74) is 0.409. The van der Waals surface area contributed by atoms with E-state index in [2.05, 4.69) is 33.2 Å². The fourth-order valence-corrected chi connectivity index (χ4v) is 1.58. The number of anilines is 1. The summed E-state index contributed by atoms with van der Waals surface area (Å²) in [7, 11) is 0. The molecule has 0 aromatic heterocycles. The minimum Gasteiger partial charge on any atom is -0.478 e. The van der Waals surface area contributed by atoms with Crippen LogP contribution in [0.5, 0.6) is 0 Å². The van der Waals surface area contributed by atoms with Crippen molar-refractivity contribution in [2.24, 2.45) is 0 Å². The lowest BCUT2D eigenvalue weighted by Crippen LogP contribution is -2.35. The molecule has 0 fully saturated rings. The Hall–Kier alpha value is -1.90. The summed E-state index contributed by atoms with van der Waals surface area (Å²) in [6.07, 6.45) is 0. The molecule has 20 heavy (non-hydrogen) atoms. The summed E-state index contributed by atoms with van der Waals surface area (Å²) in [6.45, 7) is 2.64. The van der Waals surface area contributed by atoms with Crippen molar-refractivity contribution < 1.29 is 19.5 Å². The highest BCUT2D eigenvalue weighted by Crippen LogP contribution is 2.11. The van der Waals surface area contributed by atoms with Crippen molar-refractivity contribution in [2.75, 3.05) is 5.32 Å². The van der Waals surface area contributed by atoms with Gasteiger partial charge in [0.2, 0.25) is 0 Å². The topological polar surface area (TPSA) is 95.5 Å². The standard InChI is InChI=1S/C13H13IN2O4/c1-7(8(2)12(18)19)11(17)16-13(20)15-10-5-3-9(14)4-6-10/h3-6H,1-2H3,(H,18,19)(H2,15,16,17,20). The highest BCUT2D eigenvalue weighted by atomic mass is 127. The van der Waals surface area contributed by atoms with Gasteiger partial charge < -0.3 is 10.4 Å². The Balaban J connectivity index is 2.67. The highest BCUT2D eigenvalue weighted by Gasteiger charge is 2.15. The fraction of sp³-hybridized carbons (Fsp3) is 0.154. The molecule has 0 aliphatic rings. The van der Waals surface area contributed by atoms with Gasteiger partial charge in [-0.25, -0.2) is 9.59 Å². The van der Waals surface area contributed by atoms with Crippen LogP contribution < -0.4 is 10.6 Å². The van der Waals surface area contributed by atoms with Gasteiger partial charge in [0.1, 0.15) is 0 Å². The first-order valence-corrected chi connectivity index (χ1v) is 6.68. The van der Waals surface area contributed by atoms with E-state index >= 15 is 0 Å². The van der Waals surface area contributed by atoms with Crippen LogP contribution in [0.4, 0.5) is 10.5 Å². The van der Waals surface area contributed by atoms with E-state index in [1.807, 2.05) is 0 Å². The smallest absolute Gasteiger partial charge is 0.331 e. The zero-order chi connectivity index (χ0) is 15.3. The lowest BCUT2D eigenvalue weighted by molar-refractivity contribution is -0.133. The van der Waals surface area contributed by atoms with E-state index < -0.39 is 17.9 Å². The molecule has 0 radical (unpaired) electrons. The normalized spacial score (nSPS) is 11.3. The molecule has 0 aliphatic carbocycles. The van der Waals surface area contributed by atoms with Gasteiger partial charge in [-0.1, -0.05) is 0 Å². The number of aliphatic carboxylic acids is 1. The number of benzene rings is 1. The van der Waals surface area contributed by atoms with Gasteiger partial charge in [-0.15, -0.1) is 0 Å². The van der Waals surface area contributed by atoms with Crippen molar-refractivity contribution >= 4 is 46.2 Å². The predicted octanol–water partition coefficient (Wildman–Crippen LogP) is 2.36. The highest BCUT2D eigenvalue weighted by molar-refractivity contribution is 14.1. The number of amides is 3. The number of halogens is 1. The first kappa shape index (κ1) is 16.2. The predicted molar refractivity (Wildman–Crippen MR) is 82.3 cm³/mol. The van der Waals surface area contributed by atoms with Crippen molar-refractivity contribution in [2.45, 2.75) is 13.8 Å². The molecule has 0 aliphatic heterocycles. The van der Waals surface area contributed by atoms with E-state index in [4.69, 9.17) is 5.11 Å². The molecule has 0 atom stereocenters. The number of imide groups is 1. The molecule has 3 N–H and O–H groups in total. The molecule has 3 amide bonds. The van der Waals surface area contributed by atoms with Gasteiger partial charge in [0.05, 0.1) is 0 Å². The van der Waals surface area contributed by atoms with Crippen molar-refractivity contribution in [3.63, 3.8) is 0 Å². The summed E-state index contributed by atoms with van der Waals surface area (Å²) in [4.78, 5) is 34.0. The Kier molecular flexibility index (Phi) is 5.68. The first-order chi connectivity index (χ1) is 9.31. The Morgan fingerprint density at radius 1 is 1.05 bits per heavy atom. The van der Waals surface area contributed by atoms with Crippen LogP contribution in [0, 0.1) is 3.57 Å². The van der Waals surface area contributed by atoms with E-state index in [9.17, 15) is 14.4 Å². The number of nitrogens with one attached hydrogen (secondary N) is 2. The molecule has 7 heteroatoms. The van der Waals surface area contributed by atoms with Crippen molar-refractivity contribution in [3.8, 4) is 0 Å². The maximum Gasteiger partial charge on any atom is 0.331 e. The van der Waals surface area contributed by atoms with Crippen LogP contribution in [0.3, 0.4) is 0 Å².